The minimum atomic E-state index is -0.974. The van der Waals surface area contributed by atoms with E-state index in [1.54, 1.807) is 11.6 Å². The van der Waals surface area contributed by atoms with E-state index in [2.05, 4.69) is 20.6 Å². The number of aryl methyl sites for hydroxylation is 2. The molecule has 1 amide bonds. The second-order valence-corrected chi connectivity index (χ2v) is 6.09. The predicted molar refractivity (Wildman–Crippen MR) is 89.6 cm³/mol. The van der Waals surface area contributed by atoms with Gasteiger partial charge in [0, 0.05) is 13.0 Å². The number of hydrogen-bond acceptors (Lipinski definition) is 5. The quantitative estimate of drug-likeness (QED) is 0.904. The Morgan fingerprint density at radius 1 is 1.33 bits per heavy atom. The fourth-order valence-electron chi connectivity index (χ4n) is 2.68. The molecule has 24 heavy (non-hydrogen) atoms. The molecule has 0 radical (unpaired) electrons. The summed E-state index contributed by atoms with van der Waals surface area (Å²) in [5.41, 5.74) is 0.789. The zero-order chi connectivity index (χ0) is 17.2. The minimum Gasteiger partial charge on any atom is -0.379 e. The van der Waals surface area contributed by atoms with Crippen LogP contribution in [0.15, 0.2) is 35.5 Å². The van der Waals surface area contributed by atoms with Gasteiger partial charge in [0.1, 0.15) is 11.6 Å². The van der Waals surface area contributed by atoms with Gasteiger partial charge in [-0.1, -0.05) is 35.5 Å². The number of aromatic nitrogens is 3. The molecule has 0 unspecified atom stereocenters. The second kappa shape index (κ2) is 6.43. The molecule has 1 aromatic carbocycles. The van der Waals surface area contributed by atoms with Crippen molar-refractivity contribution < 1.29 is 9.63 Å². The summed E-state index contributed by atoms with van der Waals surface area (Å²) in [7, 11) is 0. The van der Waals surface area contributed by atoms with Crippen molar-refractivity contribution in [1.82, 2.24) is 20.1 Å². The van der Waals surface area contributed by atoms with Crippen LogP contribution in [0.5, 0.6) is 0 Å². The summed E-state index contributed by atoms with van der Waals surface area (Å²) in [5.74, 6) is 1.39. The molecule has 7 nitrogen and oxygen atoms in total. The molecule has 126 valence electrons. The van der Waals surface area contributed by atoms with Crippen LogP contribution in [0.4, 0.5) is 0 Å². The zero-order valence-electron chi connectivity index (χ0n) is 14.1. The third-order valence-corrected chi connectivity index (χ3v) is 4.02. The molecule has 2 aromatic rings. The number of hydrogen-bond donors (Lipinski definition) is 1. The zero-order valence-corrected chi connectivity index (χ0v) is 14.1. The molecular weight excluding hydrogens is 306 g/mol. The maximum atomic E-state index is 12.5. The minimum absolute atomic E-state index is 0.174. The molecule has 2 heterocycles. The first kappa shape index (κ1) is 16.2. The number of oxime groups is 1. The Bertz CT molecular complexity index is 769. The molecule has 1 aliphatic heterocycles. The van der Waals surface area contributed by atoms with Crippen molar-refractivity contribution in [3.8, 4) is 0 Å². The van der Waals surface area contributed by atoms with E-state index < -0.39 is 5.60 Å². The van der Waals surface area contributed by atoms with Crippen LogP contribution in [0, 0.1) is 13.8 Å². The first-order valence-corrected chi connectivity index (χ1v) is 7.95. The highest BCUT2D eigenvalue weighted by molar-refractivity contribution is 6.05. The Kier molecular flexibility index (Phi) is 4.33. The molecular formula is C17H21N5O2. The fraction of sp³-hybridized carbons (Fsp3) is 0.412. The average Bonchev–Trinajstić information content (AvgIpc) is 3.12. The van der Waals surface area contributed by atoms with Crippen molar-refractivity contribution in [3.63, 3.8) is 0 Å². The lowest BCUT2D eigenvalue weighted by atomic mass is 9.95. The molecule has 0 saturated heterocycles. The Labute approximate surface area is 140 Å². The largest absolute Gasteiger partial charge is 0.379 e. The Morgan fingerprint density at radius 3 is 2.75 bits per heavy atom. The molecule has 0 saturated carbocycles. The number of benzene rings is 1. The van der Waals surface area contributed by atoms with Crippen molar-refractivity contribution in [2.45, 2.75) is 39.3 Å². The van der Waals surface area contributed by atoms with Gasteiger partial charge in [-0.15, -0.1) is 0 Å². The van der Waals surface area contributed by atoms with Crippen LogP contribution in [0.1, 0.15) is 30.6 Å². The van der Waals surface area contributed by atoms with Crippen molar-refractivity contribution in [2.75, 3.05) is 6.54 Å². The van der Waals surface area contributed by atoms with Gasteiger partial charge in [0.15, 0.2) is 0 Å². The Morgan fingerprint density at radius 2 is 2.08 bits per heavy atom. The maximum Gasteiger partial charge on any atom is 0.267 e. The molecule has 0 bridgehead atoms. The monoisotopic (exact) mass is 327 g/mol. The van der Waals surface area contributed by atoms with Gasteiger partial charge < -0.3 is 10.2 Å². The van der Waals surface area contributed by atoms with Gasteiger partial charge in [0.25, 0.3) is 5.91 Å². The van der Waals surface area contributed by atoms with Gasteiger partial charge in [-0.2, -0.15) is 5.10 Å². The number of rotatable bonds is 5. The molecule has 1 N–H and O–H groups in total. The lowest BCUT2D eigenvalue weighted by molar-refractivity contribution is -0.141. The first-order valence-electron chi connectivity index (χ1n) is 7.95. The molecule has 1 aromatic heterocycles. The average molecular weight is 327 g/mol. The number of amides is 1. The summed E-state index contributed by atoms with van der Waals surface area (Å²) in [6, 6.07) is 9.75. The summed E-state index contributed by atoms with van der Waals surface area (Å²) in [6.07, 6.45) is 0.449. The lowest BCUT2D eigenvalue weighted by Crippen LogP contribution is -2.45. The van der Waals surface area contributed by atoms with Gasteiger partial charge in [0.05, 0.1) is 12.3 Å². The topological polar surface area (TPSA) is 81.4 Å². The number of carbonyl (C=O) groups excluding carboxylic acids is 1. The SMILES string of the molecule is Cc1nc(C)n(CCNC(=O)[C@]2(C)CC(c3ccccc3)=NO2)n1. The van der Waals surface area contributed by atoms with Crippen LogP contribution < -0.4 is 5.32 Å². The van der Waals surface area contributed by atoms with Crippen molar-refractivity contribution >= 4 is 11.6 Å². The highest BCUT2D eigenvalue weighted by Crippen LogP contribution is 2.26. The lowest BCUT2D eigenvalue weighted by Gasteiger charge is -2.20. The van der Waals surface area contributed by atoms with Crippen LogP contribution in [0.3, 0.4) is 0 Å². The van der Waals surface area contributed by atoms with E-state index >= 15 is 0 Å². The van der Waals surface area contributed by atoms with Crippen LogP contribution >= 0.6 is 0 Å². The molecule has 0 fully saturated rings. The Balaban J connectivity index is 1.55. The molecule has 0 spiro atoms. The van der Waals surface area contributed by atoms with Crippen LogP contribution in [0.25, 0.3) is 0 Å². The summed E-state index contributed by atoms with van der Waals surface area (Å²) in [6.45, 7) is 6.52. The number of carbonyl (C=O) groups is 1. The normalized spacial score (nSPS) is 19.7. The van der Waals surface area contributed by atoms with E-state index in [9.17, 15) is 4.79 Å². The van der Waals surface area contributed by atoms with Crippen molar-refractivity contribution in [1.29, 1.82) is 0 Å². The summed E-state index contributed by atoms with van der Waals surface area (Å²) in [4.78, 5) is 22.2. The smallest absolute Gasteiger partial charge is 0.267 e. The number of nitrogens with one attached hydrogen (secondary N) is 1. The molecule has 7 heteroatoms. The van der Waals surface area contributed by atoms with E-state index in [0.29, 0.717) is 19.5 Å². The highest BCUT2D eigenvalue weighted by atomic mass is 16.7. The highest BCUT2D eigenvalue weighted by Gasteiger charge is 2.41. The summed E-state index contributed by atoms with van der Waals surface area (Å²) >= 11 is 0. The second-order valence-electron chi connectivity index (χ2n) is 6.09. The van der Waals surface area contributed by atoms with Gasteiger partial charge in [0.2, 0.25) is 5.60 Å². The summed E-state index contributed by atoms with van der Waals surface area (Å²) < 4.78 is 1.78. The van der Waals surface area contributed by atoms with E-state index in [1.165, 1.54) is 0 Å². The van der Waals surface area contributed by atoms with Gasteiger partial charge in [-0.3, -0.25) is 4.79 Å². The van der Waals surface area contributed by atoms with Gasteiger partial charge in [-0.25, -0.2) is 9.67 Å². The van der Waals surface area contributed by atoms with E-state index in [4.69, 9.17) is 4.84 Å². The maximum absolute atomic E-state index is 12.5. The fourth-order valence-corrected chi connectivity index (χ4v) is 2.68. The molecule has 0 aliphatic carbocycles. The van der Waals surface area contributed by atoms with E-state index in [-0.39, 0.29) is 5.91 Å². The van der Waals surface area contributed by atoms with Gasteiger partial charge in [-0.05, 0) is 26.3 Å². The van der Waals surface area contributed by atoms with Crippen LogP contribution in [-0.4, -0.2) is 38.5 Å². The van der Waals surface area contributed by atoms with Crippen molar-refractivity contribution in [2.24, 2.45) is 5.16 Å². The van der Waals surface area contributed by atoms with E-state index in [1.807, 2.05) is 44.2 Å². The molecule has 1 aliphatic rings. The molecule has 1 atom stereocenters. The van der Waals surface area contributed by atoms with Crippen molar-refractivity contribution in [3.05, 3.63) is 47.5 Å². The van der Waals surface area contributed by atoms with E-state index in [0.717, 1.165) is 22.9 Å². The molecule has 3 rings (SSSR count). The third kappa shape index (κ3) is 3.29. The number of nitrogens with zero attached hydrogens (tertiary/aromatic N) is 4. The van der Waals surface area contributed by atoms with Crippen LogP contribution in [0.2, 0.25) is 0 Å². The standard InChI is InChI=1S/C17H21N5O2/c1-12-19-13(2)22(20-12)10-9-18-16(23)17(3)11-15(21-24-17)14-7-5-4-6-8-14/h4-8H,9-11H2,1-3H3,(H,18,23)/t17-/m0/s1. The Hall–Kier alpha value is -2.70. The third-order valence-electron chi connectivity index (χ3n) is 4.02. The first-order chi connectivity index (χ1) is 11.5. The van der Waals surface area contributed by atoms with Crippen LogP contribution in [-0.2, 0) is 16.2 Å². The summed E-state index contributed by atoms with van der Waals surface area (Å²) in [5, 5.41) is 11.3. The predicted octanol–water partition coefficient (Wildman–Crippen LogP) is 1.59. The van der Waals surface area contributed by atoms with Gasteiger partial charge >= 0.3 is 0 Å².